The molecule has 0 fully saturated rings. The van der Waals surface area contributed by atoms with Crippen LogP contribution in [0, 0.1) is 13.8 Å². The van der Waals surface area contributed by atoms with E-state index in [0.29, 0.717) is 0 Å². The van der Waals surface area contributed by atoms with Crippen LogP contribution in [0.5, 0.6) is 0 Å². The number of nitrogens with two attached hydrogens (primary N) is 1. The number of aryl methyl sites for hydroxylation is 2. The van der Waals surface area contributed by atoms with E-state index in [1.54, 1.807) is 0 Å². The van der Waals surface area contributed by atoms with Crippen LogP contribution in [0.4, 0.5) is 11.5 Å². The largest absolute Gasteiger partial charge is 0.380 e. The SMILES string of the molecule is Cc1cc(C)cc(NC(=O)c2n[nH]nc2N)c1. The number of hydrogen-bond acceptors (Lipinski definition) is 4. The molecule has 0 spiro atoms. The van der Waals surface area contributed by atoms with Gasteiger partial charge >= 0.3 is 0 Å². The predicted molar refractivity (Wildman–Crippen MR) is 64.7 cm³/mol. The molecule has 6 heteroatoms. The van der Waals surface area contributed by atoms with Gasteiger partial charge < -0.3 is 11.1 Å². The summed E-state index contributed by atoms with van der Waals surface area (Å²) in [6.07, 6.45) is 0. The van der Waals surface area contributed by atoms with Crippen LogP contribution >= 0.6 is 0 Å². The number of carbonyl (C=O) groups is 1. The number of nitrogens with zero attached hydrogens (tertiary/aromatic N) is 2. The van der Waals surface area contributed by atoms with E-state index in [9.17, 15) is 4.79 Å². The molecular weight excluding hydrogens is 218 g/mol. The quantitative estimate of drug-likeness (QED) is 0.724. The number of nitrogens with one attached hydrogen (secondary N) is 2. The molecule has 17 heavy (non-hydrogen) atoms. The number of H-pyrrole nitrogens is 1. The van der Waals surface area contributed by atoms with Gasteiger partial charge in [-0.15, -0.1) is 10.2 Å². The van der Waals surface area contributed by atoms with E-state index in [-0.39, 0.29) is 17.4 Å². The second-order valence-corrected chi connectivity index (χ2v) is 3.89. The minimum Gasteiger partial charge on any atom is -0.380 e. The van der Waals surface area contributed by atoms with Gasteiger partial charge in [-0.25, -0.2) is 0 Å². The summed E-state index contributed by atoms with van der Waals surface area (Å²) in [7, 11) is 0. The Morgan fingerprint density at radius 3 is 2.41 bits per heavy atom. The Kier molecular flexibility index (Phi) is 2.78. The third-order valence-corrected chi connectivity index (χ3v) is 2.27. The monoisotopic (exact) mass is 231 g/mol. The first-order valence-electron chi connectivity index (χ1n) is 5.12. The smallest absolute Gasteiger partial charge is 0.280 e. The number of anilines is 2. The molecule has 1 heterocycles. The fourth-order valence-corrected chi connectivity index (χ4v) is 1.64. The highest BCUT2D eigenvalue weighted by atomic mass is 16.2. The van der Waals surface area contributed by atoms with E-state index in [1.165, 1.54) is 0 Å². The van der Waals surface area contributed by atoms with Crippen molar-refractivity contribution >= 4 is 17.4 Å². The first kappa shape index (κ1) is 11.1. The Morgan fingerprint density at radius 2 is 1.88 bits per heavy atom. The lowest BCUT2D eigenvalue weighted by Gasteiger charge is -2.06. The van der Waals surface area contributed by atoms with E-state index in [2.05, 4.69) is 20.7 Å². The van der Waals surface area contributed by atoms with Gasteiger partial charge in [0, 0.05) is 5.69 Å². The standard InChI is InChI=1S/C11H13N5O/c1-6-3-7(2)5-8(4-6)13-11(17)9-10(12)15-16-14-9/h3-5H,1-2H3,(H,13,17)(H3,12,14,15,16). The predicted octanol–water partition coefficient (Wildman–Crippen LogP) is 1.26. The molecule has 6 nitrogen and oxygen atoms in total. The zero-order chi connectivity index (χ0) is 12.4. The topological polar surface area (TPSA) is 96.7 Å². The van der Waals surface area contributed by atoms with Crippen molar-refractivity contribution in [1.82, 2.24) is 15.4 Å². The number of carbonyl (C=O) groups excluding carboxylic acids is 1. The molecule has 0 saturated heterocycles. The molecule has 4 N–H and O–H groups in total. The van der Waals surface area contributed by atoms with Gasteiger partial charge in [0.2, 0.25) is 0 Å². The second-order valence-electron chi connectivity index (χ2n) is 3.89. The van der Waals surface area contributed by atoms with Crippen molar-refractivity contribution in [3.8, 4) is 0 Å². The molecule has 1 amide bonds. The van der Waals surface area contributed by atoms with E-state index in [1.807, 2.05) is 32.0 Å². The van der Waals surface area contributed by atoms with Crippen molar-refractivity contribution in [2.45, 2.75) is 13.8 Å². The van der Waals surface area contributed by atoms with E-state index in [0.717, 1.165) is 16.8 Å². The summed E-state index contributed by atoms with van der Waals surface area (Å²) in [6.45, 7) is 3.93. The highest BCUT2D eigenvalue weighted by Gasteiger charge is 2.14. The lowest BCUT2D eigenvalue weighted by molar-refractivity contribution is 0.102. The van der Waals surface area contributed by atoms with Crippen molar-refractivity contribution in [3.05, 3.63) is 35.0 Å². The maximum absolute atomic E-state index is 11.8. The second kappa shape index (κ2) is 4.25. The van der Waals surface area contributed by atoms with Crippen molar-refractivity contribution in [1.29, 1.82) is 0 Å². The first-order valence-corrected chi connectivity index (χ1v) is 5.12. The lowest BCUT2D eigenvalue weighted by Crippen LogP contribution is -2.14. The van der Waals surface area contributed by atoms with Crippen molar-refractivity contribution in [2.24, 2.45) is 0 Å². The molecule has 0 aliphatic heterocycles. The van der Waals surface area contributed by atoms with Crippen LogP contribution in [0.3, 0.4) is 0 Å². The Balaban J connectivity index is 2.21. The van der Waals surface area contributed by atoms with E-state index in [4.69, 9.17) is 5.73 Å². The summed E-state index contributed by atoms with van der Waals surface area (Å²) in [4.78, 5) is 11.8. The zero-order valence-electron chi connectivity index (χ0n) is 9.61. The van der Waals surface area contributed by atoms with Crippen LogP contribution in [0.15, 0.2) is 18.2 Å². The summed E-state index contributed by atoms with van der Waals surface area (Å²) in [6, 6.07) is 5.78. The highest BCUT2D eigenvalue weighted by molar-refractivity contribution is 6.05. The van der Waals surface area contributed by atoms with Crippen LogP contribution < -0.4 is 11.1 Å². The average Bonchev–Trinajstić information content (AvgIpc) is 2.62. The maximum Gasteiger partial charge on any atom is 0.280 e. The molecule has 0 unspecified atom stereocenters. The summed E-state index contributed by atoms with van der Waals surface area (Å²) >= 11 is 0. The van der Waals surface area contributed by atoms with Gasteiger partial charge in [0.25, 0.3) is 5.91 Å². The van der Waals surface area contributed by atoms with E-state index >= 15 is 0 Å². The number of nitrogen functional groups attached to an aromatic ring is 1. The van der Waals surface area contributed by atoms with Gasteiger partial charge in [-0.1, -0.05) is 6.07 Å². The Morgan fingerprint density at radius 1 is 1.24 bits per heavy atom. The molecule has 1 aromatic heterocycles. The minimum absolute atomic E-state index is 0.0897. The average molecular weight is 231 g/mol. The molecule has 0 aliphatic rings. The van der Waals surface area contributed by atoms with Gasteiger partial charge in [0.1, 0.15) is 0 Å². The highest BCUT2D eigenvalue weighted by Crippen LogP contribution is 2.15. The number of aromatic nitrogens is 3. The molecule has 0 radical (unpaired) electrons. The fourth-order valence-electron chi connectivity index (χ4n) is 1.64. The van der Waals surface area contributed by atoms with Crippen LogP contribution in [0.2, 0.25) is 0 Å². The molecule has 0 aliphatic carbocycles. The van der Waals surface area contributed by atoms with Crippen molar-refractivity contribution in [3.63, 3.8) is 0 Å². The molecular formula is C11H13N5O. The number of amides is 1. The Hall–Kier alpha value is -2.37. The van der Waals surface area contributed by atoms with Crippen molar-refractivity contribution in [2.75, 3.05) is 11.1 Å². The normalized spacial score (nSPS) is 10.2. The van der Waals surface area contributed by atoms with Crippen LogP contribution in [-0.2, 0) is 0 Å². The number of benzene rings is 1. The number of rotatable bonds is 2. The molecule has 0 atom stereocenters. The van der Waals surface area contributed by atoms with Crippen LogP contribution in [0.25, 0.3) is 0 Å². The van der Waals surface area contributed by atoms with Crippen LogP contribution in [-0.4, -0.2) is 21.3 Å². The van der Waals surface area contributed by atoms with E-state index < -0.39 is 0 Å². The zero-order valence-corrected chi connectivity index (χ0v) is 9.61. The number of aromatic amines is 1. The number of hydrogen-bond donors (Lipinski definition) is 3. The molecule has 0 bridgehead atoms. The van der Waals surface area contributed by atoms with Gasteiger partial charge in [0.05, 0.1) is 0 Å². The Labute approximate surface area is 98.2 Å². The summed E-state index contributed by atoms with van der Waals surface area (Å²) in [5, 5.41) is 12.3. The Bertz CT molecular complexity index is 540. The molecule has 0 saturated carbocycles. The molecule has 2 aromatic rings. The first-order chi connectivity index (χ1) is 8.06. The van der Waals surface area contributed by atoms with Gasteiger partial charge in [-0.05, 0) is 37.1 Å². The third-order valence-electron chi connectivity index (χ3n) is 2.27. The van der Waals surface area contributed by atoms with Crippen LogP contribution in [0.1, 0.15) is 21.6 Å². The molecule has 2 rings (SSSR count). The van der Waals surface area contributed by atoms with Gasteiger partial charge in [-0.2, -0.15) is 5.21 Å². The lowest BCUT2D eigenvalue weighted by atomic mass is 10.1. The summed E-state index contributed by atoms with van der Waals surface area (Å²) in [5.41, 5.74) is 8.46. The van der Waals surface area contributed by atoms with Crippen molar-refractivity contribution < 1.29 is 4.79 Å². The minimum atomic E-state index is -0.374. The fraction of sp³-hybridized carbons (Fsp3) is 0.182. The summed E-state index contributed by atoms with van der Waals surface area (Å²) < 4.78 is 0. The van der Waals surface area contributed by atoms with Gasteiger partial charge in [0.15, 0.2) is 11.5 Å². The maximum atomic E-state index is 11.8. The molecule has 1 aromatic carbocycles. The summed E-state index contributed by atoms with van der Waals surface area (Å²) in [5.74, 6) is -0.284. The third kappa shape index (κ3) is 2.41. The van der Waals surface area contributed by atoms with Gasteiger partial charge in [-0.3, -0.25) is 4.79 Å². The molecule has 88 valence electrons.